The van der Waals surface area contributed by atoms with E-state index in [9.17, 15) is 4.79 Å². The second-order valence-electron chi connectivity index (χ2n) is 5.55. The first-order valence-corrected chi connectivity index (χ1v) is 6.94. The summed E-state index contributed by atoms with van der Waals surface area (Å²) < 4.78 is 5.51. The summed E-state index contributed by atoms with van der Waals surface area (Å²) in [5.74, 6) is 0.490. The lowest BCUT2D eigenvalue weighted by molar-refractivity contribution is -0.133. The molecule has 0 aromatic rings. The molecule has 4 atom stereocenters. The van der Waals surface area contributed by atoms with Gasteiger partial charge in [-0.2, -0.15) is 0 Å². The van der Waals surface area contributed by atoms with Crippen LogP contribution >= 0.6 is 12.4 Å². The predicted octanol–water partition coefficient (Wildman–Crippen LogP) is 1.19. The average molecular weight is 275 g/mol. The highest BCUT2D eigenvalue weighted by Gasteiger charge is 2.46. The van der Waals surface area contributed by atoms with E-state index in [0.717, 1.165) is 32.5 Å². The second-order valence-corrected chi connectivity index (χ2v) is 5.55. The smallest absolute Gasteiger partial charge is 0.228 e. The van der Waals surface area contributed by atoms with Crippen LogP contribution in [0.4, 0.5) is 0 Å². The number of carbonyl (C=O) groups is 1. The van der Waals surface area contributed by atoms with Gasteiger partial charge in [-0.25, -0.2) is 0 Å². The van der Waals surface area contributed by atoms with Crippen molar-refractivity contribution in [1.29, 1.82) is 0 Å². The minimum absolute atomic E-state index is 0. The molecule has 1 aliphatic carbocycles. The SMILES string of the molecule is CCOC1CC1C(=O)N1CCC2CCC(C1)N2.Cl. The Kier molecular flexibility index (Phi) is 4.51. The zero-order chi connectivity index (χ0) is 11.8. The molecule has 4 nitrogen and oxygen atoms in total. The van der Waals surface area contributed by atoms with Gasteiger partial charge in [-0.15, -0.1) is 12.4 Å². The largest absolute Gasteiger partial charge is 0.378 e. The summed E-state index contributed by atoms with van der Waals surface area (Å²) in [4.78, 5) is 14.4. The highest BCUT2D eigenvalue weighted by atomic mass is 35.5. The predicted molar refractivity (Wildman–Crippen MR) is 71.9 cm³/mol. The quantitative estimate of drug-likeness (QED) is 0.841. The van der Waals surface area contributed by atoms with E-state index in [1.165, 1.54) is 12.8 Å². The second kappa shape index (κ2) is 5.76. The van der Waals surface area contributed by atoms with Crippen LogP contribution in [0.5, 0.6) is 0 Å². The number of ether oxygens (including phenoxy) is 1. The van der Waals surface area contributed by atoms with Crippen molar-refractivity contribution >= 4 is 18.3 Å². The molecule has 5 heteroatoms. The fourth-order valence-corrected chi connectivity index (χ4v) is 3.21. The number of fused-ring (bicyclic) bond motifs is 2. The lowest BCUT2D eigenvalue weighted by Gasteiger charge is -2.24. The number of amides is 1. The van der Waals surface area contributed by atoms with Gasteiger partial charge in [0, 0.05) is 31.8 Å². The number of likely N-dealkylation sites (tertiary alicyclic amines) is 1. The molecule has 3 fully saturated rings. The summed E-state index contributed by atoms with van der Waals surface area (Å²) in [5.41, 5.74) is 0. The van der Waals surface area contributed by atoms with Gasteiger partial charge in [-0.3, -0.25) is 4.79 Å². The molecule has 0 spiro atoms. The van der Waals surface area contributed by atoms with Crippen LogP contribution in [0.3, 0.4) is 0 Å². The molecule has 2 heterocycles. The Labute approximate surface area is 115 Å². The molecule has 0 aromatic carbocycles. The Hall–Kier alpha value is -0.320. The van der Waals surface area contributed by atoms with Crippen molar-refractivity contribution in [1.82, 2.24) is 10.2 Å². The van der Waals surface area contributed by atoms with Crippen LogP contribution in [0, 0.1) is 5.92 Å². The van der Waals surface area contributed by atoms with E-state index in [2.05, 4.69) is 10.2 Å². The highest BCUT2D eigenvalue weighted by molar-refractivity contribution is 5.85. The van der Waals surface area contributed by atoms with Crippen LogP contribution in [0.1, 0.15) is 32.6 Å². The van der Waals surface area contributed by atoms with Crippen molar-refractivity contribution in [2.75, 3.05) is 19.7 Å². The summed E-state index contributed by atoms with van der Waals surface area (Å²) >= 11 is 0. The molecule has 4 unspecified atom stereocenters. The van der Waals surface area contributed by atoms with Crippen molar-refractivity contribution in [3.63, 3.8) is 0 Å². The van der Waals surface area contributed by atoms with Crippen molar-refractivity contribution in [2.24, 2.45) is 5.92 Å². The van der Waals surface area contributed by atoms with E-state index >= 15 is 0 Å². The van der Waals surface area contributed by atoms with E-state index in [1.54, 1.807) is 0 Å². The number of nitrogens with one attached hydrogen (secondary N) is 1. The minimum Gasteiger partial charge on any atom is -0.378 e. The molecule has 2 bridgehead atoms. The Morgan fingerprint density at radius 1 is 1.33 bits per heavy atom. The van der Waals surface area contributed by atoms with Crippen LogP contribution in [-0.4, -0.2) is 48.7 Å². The van der Waals surface area contributed by atoms with Crippen LogP contribution in [0.15, 0.2) is 0 Å². The van der Waals surface area contributed by atoms with E-state index in [4.69, 9.17) is 4.74 Å². The number of nitrogens with zero attached hydrogens (tertiary/aromatic N) is 1. The van der Waals surface area contributed by atoms with Crippen molar-refractivity contribution in [3.8, 4) is 0 Å². The summed E-state index contributed by atoms with van der Waals surface area (Å²) in [5, 5.41) is 3.61. The third-order valence-corrected chi connectivity index (χ3v) is 4.26. The van der Waals surface area contributed by atoms with Crippen molar-refractivity contribution in [2.45, 2.75) is 50.8 Å². The van der Waals surface area contributed by atoms with E-state index in [1.807, 2.05) is 6.92 Å². The molecule has 1 saturated carbocycles. The van der Waals surface area contributed by atoms with E-state index < -0.39 is 0 Å². The van der Waals surface area contributed by atoms with E-state index in [0.29, 0.717) is 18.0 Å². The number of halogens is 1. The van der Waals surface area contributed by atoms with Crippen molar-refractivity contribution < 1.29 is 9.53 Å². The molecule has 2 aliphatic heterocycles. The third kappa shape index (κ3) is 2.81. The first-order chi connectivity index (χ1) is 8.28. The monoisotopic (exact) mass is 274 g/mol. The number of hydrogen-bond acceptors (Lipinski definition) is 3. The van der Waals surface area contributed by atoms with Gasteiger partial charge < -0.3 is 15.0 Å². The number of rotatable bonds is 3. The minimum atomic E-state index is 0. The van der Waals surface area contributed by atoms with Gasteiger partial charge in [0.25, 0.3) is 0 Å². The average Bonchev–Trinajstić information content (AvgIpc) is 2.97. The number of carbonyl (C=O) groups excluding carboxylic acids is 1. The highest BCUT2D eigenvalue weighted by Crippen LogP contribution is 2.36. The van der Waals surface area contributed by atoms with Crippen molar-refractivity contribution in [3.05, 3.63) is 0 Å². The molecule has 104 valence electrons. The molecule has 3 rings (SSSR count). The molecule has 3 aliphatic rings. The lowest BCUT2D eigenvalue weighted by Crippen LogP contribution is -2.40. The molecule has 1 amide bonds. The van der Waals surface area contributed by atoms with Gasteiger partial charge >= 0.3 is 0 Å². The first kappa shape index (κ1) is 14.1. The van der Waals surface area contributed by atoms with Gasteiger partial charge in [0.2, 0.25) is 5.91 Å². The molecular weight excluding hydrogens is 252 g/mol. The van der Waals surface area contributed by atoms with E-state index in [-0.39, 0.29) is 24.4 Å². The van der Waals surface area contributed by atoms with Crippen LogP contribution in [0.2, 0.25) is 0 Å². The van der Waals surface area contributed by atoms with Crippen LogP contribution in [0.25, 0.3) is 0 Å². The summed E-state index contributed by atoms with van der Waals surface area (Å²) in [6.45, 7) is 4.56. The normalized spacial score (nSPS) is 37.9. The fraction of sp³-hybridized carbons (Fsp3) is 0.923. The Morgan fingerprint density at radius 2 is 2.11 bits per heavy atom. The molecule has 1 N–H and O–H groups in total. The standard InChI is InChI=1S/C13H22N2O2.ClH/c1-2-17-12-7-11(12)13(16)15-6-5-9-3-4-10(8-15)14-9;/h9-12,14H,2-8H2,1H3;1H. The summed E-state index contributed by atoms with van der Waals surface area (Å²) in [6, 6.07) is 1.19. The van der Waals surface area contributed by atoms with Gasteiger partial charge in [-0.05, 0) is 32.6 Å². The summed E-state index contributed by atoms with van der Waals surface area (Å²) in [7, 11) is 0. The van der Waals surface area contributed by atoms with Gasteiger partial charge in [0.05, 0.1) is 12.0 Å². The summed E-state index contributed by atoms with van der Waals surface area (Å²) in [6.07, 6.45) is 4.78. The van der Waals surface area contributed by atoms with Crippen LogP contribution in [-0.2, 0) is 9.53 Å². The molecule has 18 heavy (non-hydrogen) atoms. The Balaban J connectivity index is 0.00000120. The molecule has 0 aromatic heterocycles. The fourth-order valence-electron chi connectivity index (χ4n) is 3.21. The molecule has 2 saturated heterocycles. The Bertz CT molecular complexity index is 313. The maximum absolute atomic E-state index is 12.3. The Morgan fingerprint density at radius 3 is 2.89 bits per heavy atom. The van der Waals surface area contributed by atoms with Crippen LogP contribution < -0.4 is 5.32 Å². The van der Waals surface area contributed by atoms with Gasteiger partial charge in [0.1, 0.15) is 0 Å². The molecular formula is C13H23ClN2O2. The van der Waals surface area contributed by atoms with Gasteiger partial charge in [0.15, 0.2) is 0 Å². The maximum Gasteiger partial charge on any atom is 0.228 e. The maximum atomic E-state index is 12.3. The zero-order valence-electron chi connectivity index (χ0n) is 10.9. The number of hydrogen-bond donors (Lipinski definition) is 1. The molecule has 0 radical (unpaired) electrons. The van der Waals surface area contributed by atoms with Gasteiger partial charge in [-0.1, -0.05) is 0 Å². The lowest BCUT2D eigenvalue weighted by atomic mass is 10.1. The zero-order valence-corrected chi connectivity index (χ0v) is 11.7. The third-order valence-electron chi connectivity index (χ3n) is 4.26. The first-order valence-electron chi connectivity index (χ1n) is 6.94. The topological polar surface area (TPSA) is 41.6 Å².